The van der Waals surface area contributed by atoms with Crippen molar-refractivity contribution >= 4 is 34.1 Å². The van der Waals surface area contributed by atoms with Crippen LogP contribution in [0.4, 0.5) is 17.2 Å². The number of nitrogens with one attached hydrogen (secondary N) is 2. The summed E-state index contributed by atoms with van der Waals surface area (Å²) in [6.07, 6.45) is 0.904. The molecule has 0 spiro atoms. The molecule has 37 heavy (non-hydrogen) atoms. The van der Waals surface area contributed by atoms with Gasteiger partial charge in [0.2, 0.25) is 0 Å². The van der Waals surface area contributed by atoms with Gasteiger partial charge < -0.3 is 25.2 Å². The Kier molecular flexibility index (Phi) is 6.67. The second-order valence-electron chi connectivity index (χ2n) is 9.67. The number of nitrogens with zero attached hydrogens (tertiary/aromatic N) is 3. The molecule has 8 nitrogen and oxygen atoms in total. The molecule has 4 aromatic rings. The number of aryl methyl sites for hydroxylation is 2. The highest BCUT2D eigenvalue weighted by molar-refractivity contribution is 5.97. The summed E-state index contributed by atoms with van der Waals surface area (Å²) in [5.41, 5.74) is 5.14. The third-order valence-electron chi connectivity index (χ3n) is 6.55. The molecule has 3 aromatic carbocycles. The molecular formula is C29H31N5O3. The molecule has 1 aliphatic heterocycles. The number of hydrogen-bond donors (Lipinski definition) is 3. The number of anilines is 3. The molecule has 2 atom stereocenters. The van der Waals surface area contributed by atoms with Crippen molar-refractivity contribution in [2.45, 2.75) is 46.0 Å². The van der Waals surface area contributed by atoms with Gasteiger partial charge in [0.1, 0.15) is 24.5 Å². The van der Waals surface area contributed by atoms with E-state index in [0.29, 0.717) is 25.0 Å². The molecule has 1 aliphatic rings. The molecule has 1 aromatic heterocycles. The number of benzene rings is 3. The summed E-state index contributed by atoms with van der Waals surface area (Å²) in [6.45, 7) is 8.56. The average Bonchev–Trinajstić information content (AvgIpc) is 3.26. The number of amidine groups is 1. The van der Waals surface area contributed by atoms with E-state index in [0.717, 1.165) is 39.2 Å². The van der Waals surface area contributed by atoms with E-state index >= 15 is 0 Å². The first kappa shape index (κ1) is 24.5. The van der Waals surface area contributed by atoms with E-state index in [1.165, 1.54) is 5.56 Å². The van der Waals surface area contributed by atoms with Crippen LogP contribution in [0.1, 0.15) is 30.5 Å². The van der Waals surface area contributed by atoms with Crippen LogP contribution >= 0.6 is 0 Å². The van der Waals surface area contributed by atoms with Crippen LogP contribution < -0.4 is 15.4 Å². The summed E-state index contributed by atoms with van der Waals surface area (Å²) < 4.78 is 11.9. The van der Waals surface area contributed by atoms with Gasteiger partial charge in [0.05, 0.1) is 18.2 Å². The van der Waals surface area contributed by atoms with Crippen molar-refractivity contribution in [1.29, 1.82) is 0 Å². The highest BCUT2D eigenvalue weighted by atomic mass is 16.5. The fourth-order valence-corrected chi connectivity index (χ4v) is 4.14. The first-order valence-corrected chi connectivity index (χ1v) is 12.3. The molecule has 0 saturated heterocycles. The van der Waals surface area contributed by atoms with Crippen LogP contribution in [0, 0.1) is 13.8 Å². The van der Waals surface area contributed by atoms with Crippen LogP contribution in [0.5, 0.6) is 5.75 Å². The van der Waals surface area contributed by atoms with E-state index < -0.39 is 11.7 Å². The Balaban J connectivity index is 1.31. The zero-order chi connectivity index (χ0) is 26.0. The second-order valence-corrected chi connectivity index (χ2v) is 9.67. The lowest BCUT2D eigenvalue weighted by Gasteiger charge is -2.26. The van der Waals surface area contributed by atoms with E-state index in [9.17, 15) is 5.11 Å². The fraction of sp³-hybridized carbons (Fsp3) is 0.276. The van der Waals surface area contributed by atoms with Crippen LogP contribution in [-0.4, -0.2) is 39.3 Å². The normalized spacial score (nSPS) is 17.7. The Labute approximate surface area is 216 Å². The molecule has 8 heteroatoms. The predicted molar refractivity (Wildman–Crippen MR) is 147 cm³/mol. The van der Waals surface area contributed by atoms with Crippen molar-refractivity contribution in [2.24, 2.45) is 4.99 Å². The number of fused-ring (bicyclic) bond motifs is 1. The molecule has 0 aliphatic carbocycles. The number of aromatic nitrogens is 2. The van der Waals surface area contributed by atoms with E-state index in [1.807, 2.05) is 56.3 Å². The van der Waals surface area contributed by atoms with Gasteiger partial charge in [-0.25, -0.2) is 15.0 Å². The minimum atomic E-state index is -0.733. The number of rotatable bonds is 7. The first-order valence-electron chi connectivity index (χ1n) is 12.3. The predicted octanol–water partition coefficient (Wildman–Crippen LogP) is 5.51. The van der Waals surface area contributed by atoms with Gasteiger partial charge in [-0.2, -0.15) is 0 Å². The smallest absolute Gasteiger partial charge is 0.290 e. The van der Waals surface area contributed by atoms with E-state index in [1.54, 1.807) is 13.3 Å². The van der Waals surface area contributed by atoms with Gasteiger partial charge >= 0.3 is 0 Å². The lowest BCUT2D eigenvalue weighted by molar-refractivity contribution is -0.0197. The lowest BCUT2D eigenvalue weighted by atomic mass is 10.0. The maximum absolute atomic E-state index is 9.98. The van der Waals surface area contributed by atoms with Crippen LogP contribution in [0.25, 0.3) is 10.9 Å². The van der Waals surface area contributed by atoms with E-state index in [4.69, 9.17) is 9.47 Å². The highest BCUT2D eigenvalue weighted by Crippen LogP contribution is 2.30. The Morgan fingerprint density at radius 2 is 1.84 bits per heavy atom. The summed E-state index contributed by atoms with van der Waals surface area (Å²) in [5.74, 6) is 1.53. The summed E-state index contributed by atoms with van der Waals surface area (Å²) in [4.78, 5) is 13.3. The van der Waals surface area contributed by atoms with Crippen LogP contribution in [0.2, 0.25) is 0 Å². The second kappa shape index (κ2) is 10.1. The van der Waals surface area contributed by atoms with Crippen LogP contribution in [0.3, 0.4) is 0 Å². The zero-order valence-corrected chi connectivity index (χ0v) is 21.4. The molecule has 0 fully saturated rings. The van der Waals surface area contributed by atoms with Gasteiger partial charge in [0.25, 0.3) is 6.02 Å². The van der Waals surface area contributed by atoms with Gasteiger partial charge in [0.15, 0.2) is 5.60 Å². The number of aliphatic hydroxyl groups is 1. The van der Waals surface area contributed by atoms with E-state index in [-0.39, 0.29) is 0 Å². The average molecular weight is 498 g/mol. The van der Waals surface area contributed by atoms with Crippen molar-refractivity contribution < 1.29 is 14.6 Å². The Morgan fingerprint density at radius 3 is 2.59 bits per heavy atom. The molecule has 0 bridgehead atoms. The molecule has 2 heterocycles. The monoisotopic (exact) mass is 497 g/mol. The molecule has 0 amide bonds. The van der Waals surface area contributed by atoms with Gasteiger partial charge in [-0.15, -0.1) is 0 Å². The quantitative estimate of drug-likeness (QED) is 0.310. The summed E-state index contributed by atoms with van der Waals surface area (Å²) >= 11 is 0. The van der Waals surface area contributed by atoms with E-state index in [2.05, 4.69) is 50.7 Å². The fourth-order valence-electron chi connectivity index (χ4n) is 4.14. The van der Waals surface area contributed by atoms with Crippen molar-refractivity contribution in [3.05, 3.63) is 83.7 Å². The molecule has 0 saturated carbocycles. The topological polar surface area (TPSA) is 101 Å². The maximum atomic E-state index is 9.98. The number of aliphatic hydroxyl groups excluding tert-OH is 1. The summed E-state index contributed by atoms with van der Waals surface area (Å²) in [5, 5.41) is 17.4. The summed E-state index contributed by atoms with van der Waals surface area (Å²) in [7, 11) is 0. The van der Waals surface area contributed by atoms with Crippen LogP contribution in [-0.2, 0) is 11.3 Å². The van der Waals surface area contributed by atoms with Crippen molar-refractivity contribution in [3.8, 4) is 5.75 Å². The minimum absolute atomic E-state index is 0.381. The third kappa shape index (κ3) is 5.49. The standard InChI is InChI=1S/C29H31N5O3/c1-18-6-5-7-21(12-18)15-36-26-11-9-22(13-19(26)2)33-27-24-14-23(8-10-25(24)31-17-32-27)34-28-30-16-29(4,37-28)20(3)35/h5-14,17,20,35H,15-16H2,1-4H3,(H,30,34)(H,31,32,33)/t20?,29-/m0/s1. The van der Waals surface area contributed by atoms with Crippen molar-refractivity contribution in [2.75, 3.05) is 17.2 Å². The number of ether oxygens (including phenoxy) is 2. The molecule has 0 radical (unpaired) electrons. The lowest BCUT2D eigenvalue weighted by Crippen LogP contribution is -2.41. The number of aliphatic imine (C=N–C) groups is 1. The molecule has 5 rings (SSSR count). The first-order chi connectivity index (χ1) is 17.8. The van der Waals surface area contributed by atoms with Gasteiger partial charge in [0, 0.05) is 16.8 Å². The maximum Gasteiger partial charge on any atom is 0.290 e. The minimum Gasteiger partial charge on any atom is -0.489 e. The molecule has 190 valence electrons. The Bertz CT molecular complexity index is 1470. The summed E-state index contributed by atoms with van der Waals surface area (Å²) in [6, 6.07) is 20.5. The van der Waals surface area contributed by atoms with Gasteiger partial charge in [-0.05, 0) is 75.2 Å². The third-order valence-corrected chi connectivity index (χ3v) is 6.55. The van der Waals surface area contributed by atoms with Crippen molar-refractivity contribution in [1.82, 2.24) is 9.97 Å². The SMILES string of the molecule is Cc1cccc(COc2ccc(Nc3ncnc4ccc(NC5=NC[C@@](C)(C(C)O)O5)cc34)cc2C)c1. The molecular weight excluding hydrogens is 466 g/mol. The highest BCUT2D eigenvalue weighted by Gasteiger charge is 2.38. The number of hydrogen-bond acceptors (Lipinski definition) is 8. The Morgan fingerprint density at radius 1 is 1.03 bits per heavy atom. The molecule has 1 unspecified atom stereocenters. The largest absolute Gasteiger partial charge is 0.489 e. The van der Waals surface area contributed by atoms with Crippen LogP contribution in [0.15, 0.2) is 72.0 Å². The zero-order valence-electron chi connectivity index (χ0n) is 21.4. The Hall–Kier alpha value is -4.17. The van der Waals surface area contributed by atoms with Crippen molar-refractivity contribution in [3.63, 3.8) is 0 Å². The van der Waals surface area contributed by atoms with Gasteiger partial charge in [-0.1, -0.05) is 29.8 Å². The molecule has 3 N–H and O–H groups in total. The van der Waals surface area contributed by atoms with Gasteiger partial charge in [-0.3, -0.25) is 0 Å².